The van der Waals surface area contributed by atoms with Gasteiger partial charge in [0.1, 0.15) is 0 Å². The minimum atomic E-state index is -4.11. The Hall–Kier alpha value is 0.830. The number of hydrogen-bond acceptors (Lipinski definition) is 5. The van der Waals surface area contributed by atoms with Crippen LogP contribution in [0.15, 0.2) is 0 Å². The van der Waals surface area contributed by atoms with Crippen molar-refractivity contribution in [3.63, 3.8) is 0 Å². The Morgan fingerprint density at radius 2 is 1.91 bits per heavy atom. The summed E-state index contributed by atoms with van der Waals surface area (Å²) >= 11 is 0. The molecule has 0 saturated carbocycles. The molecule has 0 aromatic heterocycles. The van der Waals surface area contributed by atoms with Crippen LogP contribution in [0.5, 0.6) is 0 Å². The van der Waals surface area contributed by atoms with Gasteiger partial charge in [0.25, 0.3) is 0 Å². The van der Waals surface area contributed by atoms with Crippen molar-refractivity contribution in [3.05, 3.63) is 0 Å². The largest absolute Gasteiger partial charge is 1.00 e. The Morgan fingerprint density at radius 1 is 1.45 bits per heavy atom. The van der Waals surface area contributed by atoms with Crippen LogP contribution in [0.2, 0.25) is 0 Å². The van der Waals surface area contributed by atoms with E-state index in [1.807, 2.05) is 0 Å². The van der Waals surface area contributed by atoms with Crippen LogP contribution in [0.1, 0.15) is 6.42 Å². The summed E-state index contributed by atoms with van der Waals surface area (Å²) in [5.74, 6) is -0.425. The minimum absolute atomic E-state index is 0. The first-order chi connectivity index (χ1) is 4.45. The van der Waals surface area contributed by atoms with Crippen LogP contribution in [0.4, 0.5) is 0 Å². The van der Waals surface area contributed by atoms with E-state index in [-0.39, 0.29) is 48.6 Å². The molecule has 0 amide bonds. The van der Waals surface area contributed by atoms with E-state index in [1.165, 1.54) is 0 Å². The molecule has 0 aliphatic heterocycles. The Balaban J connectivity index is 0. The summed E-state index contributed by atoms with van der Waals surface area (Å²) < 4.78 is 30.0. The van der Waals surface area contributed by atoms with E-state index in [0.717, 1.165) is 0 Å². The van der Waals surface area contributed by atoms with Crippen molar-refractivity contribution in [2.45, 2.75) is 12.5 Å². The van der Waals surface area contributed by atoms with E-state index in [4.69, 9.17) is 11.5 Å². The third-order valence-electron chi connectivity index (χ3n) is 1.04. The monoisotopic (exact) mass is 190 g/mol. The molecule has 0 fully saturated rings. The molecule has 0 aromatic rings. The van der Waals surface area contributed by atoms with Crippen LogP contribution in [-0.2, 0) is 10.1 Å². The maximum atomic E-state index is 10.00. The SMILES string of the molecule is NCC(N)CCS(=O)(=O)[O-].[Na+]. The molecule has 0 spiro atoms. The normalized spacial score (nSPS) is 13.7. The van der Waals surface area contributed by atoms with Gasteiger partial charge in [0.2, 0.25) is 0 Å². The maximum Gasteiger partial charge on any atom is 1.00 e. The zero-order valence-corrected chi connectivity index (χ0v) is 9.30. The Bertz CT molecular complexity index is 182. The third kappa shape index (κ3) is 10.8. The molecule has 1 unspecified atom stereocenters. The van der Waals surface area contributed by atoms with Crippen molar-refractivity contribution >= 4 is 10.1 Å². The predicted molar refractivity (Wildman–Crippen MR) is 36.2 cm³/mol. The molecule has 0 aliphatic rings. The zero-order valence-electron chi connectivity index (χ0n) is 6.49. The van der Waals surface area contributed by atoms with Crippen molar-refractivity contribution in [3.8, 4) is 0 Å². The molecule has 62 valence electrons. The van der Waals surface area contributed by atoms with E-state index in [2.05, 4.69) is 0 Å². The van der Waals surface area contributed by atoms with E-state index in [1.54, 1.807) is 0 Å². The summed E-state index contributed by atoms with van der Waals surface area (Å²) in [4.78, 5) is 0. The van der Waals surface area contributed by atoms with Gasteiger partial charge in [-0.25, -0.2) is 8.42 Å². The Kier molecular flexibility index (Phi) is 8.30. The first-order valence-electron chi connectivity index (χ1n) is 2.85. The fourth-order valence-electron chi connectivity index (χ4n) is 0.414. The average Bonchev–Trinajstić information content (AvgIpc) is 1.81. The van der Waals surface area contributed by atoms with Gasteiger partial charge in [0, 0.05) is 18.3 Å². The van der Waals surface area contributed by atoms with E-state index in [0.29, 0.717) is 0 Å². The molecular weight excluding hydrogens is 179 g/mol. The molecule has 7 heteroatoms. The van der Waals surface area contributed by atoms with Crippen LogP contribution in [0.25, 0.3) is 0 Å². The first-order valence-corrected chi connectivity index (χ1v) is 4.42. The second-order valence-electron chi connectivity index (χ2n) is 2.05. The second kappa shape index (κ2) is 6.36. The van der Waals surface area contributed by atoms with Gasteiger partial charge >= 0.3 is 29.6 Å². The summed E-state index contributed by atoms with van der Waals surface area (Å²) in [6.45, 7) is 0.204. The summed E-state index contributed by atoms with van der Waals surface area (Å²) in [5, 5.41) is 0. The summed E-state index contributed by atoms with van der Waals surface area (Å²) in [7, 11) is -4.11. The smallest absolute Gasteiger partial charge is 0.748 e. The molecule has 0 radical (unpaired) electrons. The van der Waals surface area contributed by atoms with Crippen molar-refractivity contribution < 1.29 is 42.5 Å². The average molecular weight is 190 g/mol. The van der Waals surface area contributed by atoms with Crippen molar-refractivity contribution in [2.24, 2.45) is 11.5 Å². The van der Waals surface area contributed by atoms with Crippen LogP contribution in [0.3, 0.4) is 0 Å². The molecular formula is C4H11N2NaO3S. The van der Waals surface area contributed by atoms with Gasteiger partial charge in [-0.2, -0.15) is 0 Å². The van der Waals surface area contributed by atoms with Crippen LogP contribution in [-0.4, -0.2) is 31.3 Å². The van der Waals surface area contributed by atoms with Gasteiger partial charge in [0.05, 0.1) is 10.1 Å². The van der Waals surface area contributed by atoms with E-state index >= 15 is 0 Å². The number of nitrogens with two attached hydrogens (primary N) is 2. The fraction of sp³-hybridized carbons (Fsp3) is 1.00. The van der Waals surface area contributed by atoms with Gasteiger partial charge in [-0.15, -0.1) is 0 Å². The summed E-state index contributed by atoms with van der Waals surface area (Å²) in [5.41, 5.74) is 10.3. The third-order valence-corrected chi connectivity index (χ3v) is 1.78. The van der Waals surface area contributed by atoms with Crippen LogP contribution >= 0.6 is 0 Å². The molecule has 0 heterocycles. The van der Waals surface area contributed by atoms with Crippen LogP contribution < -0.4 is 41.0 Å². The Labute approximate surface area is 88.6 Å². The molecule has 0 aromatic carbocycles. The molecule has 0 saturated heterocycles. The molecule has 11 heavy (non-hydrogen) atoms. The maximum absolute atomic E-state index is 10.00. The molecule has 0 bridgehead atoms. The quantitative estimate of drug-likeness (QED) is 0.341. The van der Waals surface area contributed by atoms with E-state index in [9.17, 15) is 13.0 Å². The topological polar surface area (TPSA) is 109 Å². The van der Waals surface area contributed by atoms with Crippen molar-refractivity contribution in [1.29, 1.82) is 0 Å². The molecule has 0 aliphatic carbocycles. The van der Waals surface area contributed by atoms with Crippen LogP contribution in [0, 0.1) is 0 Å². The summed E-state index contributed by atoms with van der Waals surface area (Å²) in [6.07, 6.45) is 0.141. The van der Waals surface area contributed by atoms with E-state index < -0.39 is 15.9 Å². The first kappa shape index (κ1) is 14.4. The zero-order chi connectivity index (χ0) is 8.20. The number of rotatable bonds is 4. The van der Waals surface area contributed by atoms with Gasteiger partial charge in [-0.1, -0.05) is 0 Å². The van der Waals surface area contributed by atoms with Gasteiger partial charge < -0.3 is 16.0 Å². The molecule has 5 nitrogen and oxygen atoms in total. The molecule has 1 atom stereocenters. The van der Waals surface area contributed by atoms with Crippen molar-refractivity contribution in [2.75, 3.05) is 12.3 Å². The summed E-state index contributed by atoms with van der Waals surface area (Å²) in [6, 6.07) is -0.385. The minimum Gasteiger partial charge on any atom is -0.748 e. The Morgan fingerprint density at radius 3 is 2.18 bits per heavy atom. The van der Waals surface area contributed by atoms with Crippen molar-refractivity contribution in [1.82, 2.24) is 0 Å². The number of hydrogen-bond donors (Lipinski definition) is 2. The molecule has 0 rings (SSSR count). The predicted octanol–water partition coefficient (Wildman–Crippen LogP) is -4.79. The van der Waals surface area contributed by atoms with Gasteiger partial charge in [-0.05, 0) is 6.42 Å². The second-order valence-corrected chi connectivity index (χ2v) is 3.57. The molecule has 4 N–H and O–H groups in total. The standard InChI is InChI=1S/C4H12N2O3S.Na/c5-3-4(6)1-2-10(7,8)9;/h4H,1-3,5-6H2,(H,7,8,9);/q;+1/p-1. The van der Waals surface area contributed by atoms with Gasteiger partial charge in [-0.3, -0.25) is 0 Å². The fourth-order valence-corrected chi connectivity index (χ4v) is 1.00. The van der Waals surface area contributed by atoms with Gasteiger partial charge in [0.15, 0.2) is 0 Å².